The van der Waals surface area contributed by atoms with E-state index < -0.39 is 16.1 Å². The maximum Gasteiger partial charge on any atom is 0.241 e. The summed E-state index contributed by atoms with van der Waals surface area (Å²) in [5.74, 6) is -0.226. The van der Waals surface area contributed by atoms with Crippen molar-refractivity contribution in [2.24, 2.45) is 5.14 Å². The lowest BCUT2D eigenvalue weighted by atomic mass is 10.2. The molecule has 2 rings (SSSR count). The Bertz CT molecular complexity index is 852. The number of likely N-dealkylation sites (N-methyl/N-ethyl adjacent to an activating group) is 1. The number of hydrogen-bond donors (Lipinski definition) is 2. The fraction of sp³-hybridized carbons (Fsp3) is 0.312. The minimum Gasteiger partial charge on any atom is -0.325 e. The first-order chi connectivity index (χ1) is 11.7. The van der Waals surface area contributed by atoms with E-state index in [0.717, 1.165) is 4.88 Å². The molecular formula is C16H20ClN3O3S2. The summed E-state index contributed by atoms with van der Waals surface area (Å²) in [5.41, 5.74) is 0.388. The van der Waals surface area contributed by atoms with Crippen LogP contribution >= 0.6 is 22.9 Å². The van der Waals surface area contributed by atoms with Crippen LogP contribution in [0.1, 0.15) is 18.7 Å². The molecule has 0 spiro atoms. The Morgan fingerprint density at radius 3 is 2.64 bits per heavy atom. The fourth-order valence-electron chi connectivity index (χ4n) is 2.32. The summed E-state index contributed by atoms with van der Waals surface area (Å²) in [6, 6.07) is 9.25. The number of sulfonamides is 1. The number of amides is 1. The Labute approximate surface area is 156 Å². The molecule has 1 atom stereocenters. The molecule has 9 heteroatoms. The number of primary sulfonamides is 1. The lowest BCUT2D eigenvalue weighted by Crippen LogP contribution is -2.41. The second-order valence-electron chi connectivity index (χ2n) is 5.51. The van der Waals surface area contributed by atoms with Gasteiger partial charge in [-0.05, 0) is 43.8 Å². The van der Waals surface area contributed by atoms with Crippen LogP contribution < -0.4 is 10.5 Å². The Hall–Kier alpha value is -1.45. The summed E-state index contributed by atoms with van der Waals surface area (Å²) >= 11 is 7.43. The number of rotatable bonds is 7. The molecule has 0 aliphatic heterocycles. The molecule has 2 aromatic rings. The molecule has 0 bridgehead atoms. The van der Waals surface area contributed by atoms with Crippen LogP contribution in [0, 0.1) is 0 Å². The van der Waals surface area contributed by atoms with Gasteiger partial charge >= 0.3 is 0 Å². The van der Waals surface area contributed by atoms with Gasteiger partial charge in [0.05, 0.1) is 15.3 Å². The van der Waals surface area contributed by atoms with Crippen LogP contribution in [0.2, 0.25) is 4.34 Å². The van der Waals surface area contributed by atoms with E-state index in [1.165, 1.54) is 29.5 Å². The zero-order valence-electron chi connectivity index (χ0n) is 13.9. The molecule has 136 valence electrons. The van der Waals surface area contributed by atoms with Gasteiger partial charge in [-0.25, -0.2) is 13.6 Å². The van der Waals surface area contributed by atoms with E-state index >= 15 is 0 Å². The number of hydrogen-bond acceptors (Lipinski definition) is 5. The number of nitrogens with one attached hydrogen (secondary N) is 1. The van der Waals surface area contributed by atoms with Crippen LogP contribution in [0.25, 0.3) is 0 Å². The first kappa shape index (κ1) is 19.9. The third-order valence-electron chi connectivity index (χ3n) is 3.75. The molecule has 3 N–H and O–H groups in total. The summed E-state index contributed by atoms with van der Waals surface area (Å²) in [7, 11) is -3.81. The molecular weight excluding hydrogens is 382 g/mol. The van der Waals surface area contributed by atoms with Crippen LogP contribution in [-0.4, -0.2) is 31.8 Å². The minimum atomic E-state index is -3.81. The largest absolute Gasteiger partial charge is 0.325 e. The van der Waals surface area contributed by atoms with Crippen molar-refractivity contribution in [1.29, 1.82) is 0 Å². The molecule has 0 saturated heterocycles. The molecule has 6 nitrogen and oxygen atoms in total. The smallest absolute Gasteiger partial charge is 0.241 e. The SMILES string of the molecule is CCN(Cc1ccc(Cl)s1)C(C)C(=O)Nc1cccc(S(N)(=O)=O)c1. The van der Waals surface area contributed by atoms with Crippen molar-refractivity contribution in [1.82, 2.24) is 4.90 Å². The normalized spacial score (nSPS) is 13.0. The Balaban J connectivity index is 2.08. The average molecular weight is 402 g/mol. The van der Waals surface area contributed by atoms with Gasteiger partial charge in [0.15, 0.2) is 0 Å². The summed E-state index contributed by atoms with van der Waals surface area (Å²) < 4.78 is 23.5. The molecule has 1 amide bonds. The highest BCUT2D eigenvalue weighted by molar-refractivity contribution is 7.89. The van der Waals surface area contributed by atoms with Crippen LogP contribution in [0.5, 0.6) is 0 Å². The molecule has 25 heavy (non-hydrogen) atoms. The second kappa shape index (κ2) is 8.29. The number of anilines is 1. The summed E-state index contributed by atoms with van der Waals surface area (Å²) in [5, 5.41) is 7.85. The number of benzene rings is 1. The topological polar surface area (TPSA) is 92.5 Å². The van der Waals surface area contributed by atoms with Gasteiger partial charge in [-0.15, -0.1) is 11.3 Å². The summed E-state index contributed by atoms with van der Waals surface area (Å²) in [6.07, 6.45) is 0. The summed E-state index contributed by atoms with van der Waals surface area (Å²) in [4.78, 5) is 15.5. The van der Waals surface area contributed by atoms with Crippen molar-refractivity contribution >= 4 is 44.6 Å². The van der Waals surface area contributed by atoms with Gasteiger partial charge in [0, 0.05) is 17.1 Å². The van der Waals surface area contributed by atoms with E-state index in [4.69, 9.17) is 16.7 Å². The monoisotopic (exact) mass is 401 g/mol. The maximum atomic E-state index is 12.5. The number of carbonyl (C=O) groups excluding carboxylic acids is 1. The Kier molecular flexibility index (Phi) is 6.59. The number of nitrogens with zero attached hydrogens (tertiary/aromatic N) is 1. The maximum absolute atomic E-state index is 12.5. The van der Waals surface area contributed by atoms with Crippen molar-refractivity contribution in [3.05, 3.63) is 45.6 Å². The molecule has 1 unspecified atom stereocenters. The van der Waals surface area contributed by atoms with E-state index in [-0.39, 0.29) is 10.8 Å². The first-order valence-electron chi connectivity index (χ1n) is 7.62. The van der Waals surface area contributed by atoms with Crippen LogP contribution in [0.4, 0.5) is 5.69 Å². The zero-order valence-corrected chi connectivity index (χ0v) is 16.3. The van der Waals surface area contributed by atoms with Gasteiger partial charge < -0.3 is 5.32 Å². The van der Waals surface area contributed by atoms with Crippen molar-refractivity contribution in [2.45, 2.75) is 31.3 Å². The van der Waals surface area contributed by atoms with E-state index in [9.17, 15) is 13.2 Å². The molecule has 0 aliphatic rings. The highest BCUT2D eigenvalue weighted by atomic mass is 35.5. The van der Waals surface area contributed by atoms with Gasteiger partial charge in [-0.3, -0.25) is 9.69 Å². The average Bonchev–Trinajstić information content (AvgIpc) is 2.96. The lowest BCUT2D eigenvalue weighted by Gasteiger charge is -2.26. The van der Waals surface area contributed by atoms with Gasteiger partial charge in [-0.2, -0.15) is 0 Å². The highest BCUT2D eigenvalue weighted by Crippen LogP contribution is 2.23. The van der Waals surface area contributed by atoms with Gasteiger partial charge in [0.1, 0.15) is 0 Å². The highest BCUT2D eigenvalue weighted by Gasteiger charge is 2.21. The van der Waals surface area contributed by atoms with Gasteiger partial charge in [0.2, 0.25) is 15.9 Å². The van der Waals surface area contributed by atoms with E-state index in [1.54, 1.807) is 13.0 Å². The fourth-order valence-corrected chi connectivity index (χ4v) is 4.00. The van der Waals surface area contributed by atoms with Crippen molar-refractivity contribution < 1.29 is 13.2 Å². The molecule has 1 heterocycles. The number of thiophene rings is 1. The van der Waals surface area contributed by atoms with Crippen LogP contribution in [0.3, 0.4) is 0 Å². The summed E-state index contributed by atoms with van der Waals surface area (Å²) in [6.45, 7) is 5.07. The lowest BCUT2D eigenvalue weighted by molar-refractivity contribution is -0.120. The second-order valence-corrected chi connectivity index (χ2v) is 8.87. The van der Waals surface area contributed by atoms with Crippen LogP contribution in [0.15, 0.2) is 41.3 Å². The van der Waals surface area contributed by atoms with Crippen molar-refractivity contribution in [3.63, 3.8) is 0 Å². The number of carbonyl (C=O) groups is 1. The Morgan fingerprint density at radius 1 is 1.36 bits per heavy atom. The first-order valence-corrected chi connectivity index (χ1v) is 10.4. The van der Waals surface area contributed by atoms with Gasteiger partial charge in [-0.1, -0.05) is 24.6 Å². The molecule has 1 aromatic heterocycles. The quantitative estimate of drug-likeness (QED) is 0.746. The third kappa shape index (κ3) is 5.52. The van der Waals surface area contributed by atoms with Crippen molar-refractivity contribution in [3.8, 4) is 0 Å². The van der Waals surface area contributed by atoms with Gasteiger partial charge in [0.25, 0.3) is 0 Å². The zero-order chi connectivity index (χ0) is 18.6. The third-order valence-corrected chi connectivity index (χ3v) is 5.88. The van der Waals surface area contributed by atoms with Crippen molar-refractivity contribution in [2.75, 3.05) is 11.9 Å². The molecule has 0 fully saturated rings. The molecule has 1 aromatic carbocycles. The molecule has 0 radical (unpaired) electrons. The minimum absolute atomic E-state index is 0.0430. The predicted octanol–water partition coefficient (Wildman–Crippen LogP) is 2.90. The molecule has 0 aliphatic carbocycles. The number of nitrogens with two attached hydrogens (primary N) is 1. The molecule has 0 saturated carbocycles. The predicted molar refractivity (Wildman–Crippen MR) is 101 cm³/mol. The van der Waals surface area contributed by atoms with E-state index in [2.05, 4.69) is 5.32 Å². The van der Waals surface area contributed by atoms with Crippen LogP contribution in [-0.2, 0) is 21.4 Å². The van der Waals surface area contributed by atoms with E-state index in [0.29, 0.717) is 23.1 Å². The number of halogens is 1. The standard InChI is InChI=1S/C16H20ClN3O3S2/c1-3-20(10-13-7-8-15(17)24-13)11(2)16(21)19-12-5-4-6-14(9-12)25(18,22)23/h4-9,11H,3,10H2,1-2H3,(H,19,21)(H2,18,22,23). The Morgan fingerprint density at radius 2 is 2.08 bits per heavy atom. The van der Waals surface area contributed by atoms with E-state index in [1.807, 2.05) is 24.0 Å².